The third-order valence-corrected chi connectivity index (χ3v) is 3.40. The van der Waals surface area contributed by atoms with Gasteiger partial charge >= 0.3 is 0 Å². The lowest BCUT2D eigenvalue weighted by Crippen LogP contribution is -2.30. The minimum Gasteiger partial charge on any atom is -0.497 e. The molecule has 0 amide bonds. The molecular formula is C15H16ClN3OS. The first-order valence-electron chi connectivity index (χ1n) is 6.47. The van der Waals surface area contributed by atoms with Crippen LogP contribution in [0.2, 0.25) is 5.02 Å². The van der Waals surface area contributed by atoms with Crippen LogP contribution in [-0.4, -0.2) is 23.8 Å². The fourth-order valence-corrected chi connectivity index (χ4v) is 2.11. The monoisotopic (exact) mass is 321 g/mol. The van der Waals surface area contributed by atoms with Crippen LogP contribution in [0, 0.1) is 0 Å². The zero-order valence-corrected chi connectivity index (χ0v) is 13.2. The minimum absolute atomic E-state index is 0.504. The Balaban J connectivity index is 1.77. The molecule has 0 bridgehead atoms. The third-order valence-electron chi connectivity index (χ3n) is 2.85. The van der Waals surface area contributed by atoms with Gasteiger partial charge in [-0.2, -0.15) is 0 Å². The van der Waals surface area contributed by atoms with E-state index >= 15 is 0 Å². The van der Waals surface area contributed by atoms with Crippen LogP contribution in [0.4, 0.5) is 5.82 Å². The van der Waals surface area contributed by atoms with Crippen LogP contribution in [0.5, 0.6) is 5.75 Å². The molecule has 0 fully saturated rings. The van der Waals surface area contributed by atoms with E-state index < -0.39 is 0 Å². The quantitative estimate of drug-likeness (QED) is 0.828. The van der Waals surface area contributed by atoms with Crippen molar-refractivity contribution in [1.29, 1.82) is 0 Å². The number of ether oxygens (including phenoxy) is 1. The summed E-state index contributed by atoms with van der Waals surface area (Å²) in [4.78, 5) is 4.12. The van der Waals surface area contributed by atoms with E-state index in [9.17, 15) is 0 Å². The highest BCUT2D eigenvalue weighted by atomic mass is 35.5. The summed E-state index contributed by atoms with van der Waals surface area (Å²) in [7, 11) is 1.66. The molecule has 2 aromatic rings. The first kappa shape index (κ1) is 15.5. The lowest BCUT2D eigenvalue weighted by Gasteiger charge is -2.10. The maximum absolute atomic E-state index is 6.00. The summed E-state index contributed by atoms with van der Waals surface area (Å²) in [5, 5.41) is 7.14. The first-order valence-corrected chi connectivity index (χ1v) is 7.26. The number of hydrogen-bond acceptors (Lipinski definition) is 3. The molecule has 2 rings (SSSR count). The first-order chi connectivity index (χ1) is 10.2. The van der Waals surface area contributed by atoms with Gasteiger partial charge in [-0.15, -0.1) is 0 Å². The highest BCUT2D eigenvalue weighted by molar-refractivity contribution is 7.80. The number of nitrogens with zero attached hydrogens (tertiary/aromatic N) is 1. The lowest BCUT2D eigenvalue weighted by molar-refractivity contribution is 0.414. The van der Waals surface area contributed by atoms with Crippen molar-refractivity contribution in [2.24, 2.45) is 0 Å². The molecule has 110 valence electrons. The molecule has 6 heteroatoms. The van der Waals surface area contributed by atoms with Gasteiger partial charge in [-0.1, -0.05) is 23.7 Å². The van der Waals surface area contributed by atoms with Crippen molar-refractivity contribution < 1.29 is 4.74 Å². The number of nitrogens with one attached hydrogen (secondary N) is 2. The highest BCUT2D eigenvalue weighted by Gasteiger charge is 2.02. The van der Waals surface area contributed by atoms with Crippen molar-refractivity contribution in [2.45, 2.75) is 6.42 Å². The van der Waals surface area contributed by atoms with E-state index in [0.717, 1.165) is 18.7 Å². The van der Waals surface area contributed by atoms with E-state index in [4.69, 9.17) is 28.6 Å². The molecule has 1 heterocycles. The number of anilines is 1. The molecule has 0 aliphatic carbocycles. The Morgan fingerprint density at radius 3 is 2.71 bits per heavy atom. The average Bonchev–Trinajstić information content (AvgIpc) is 2.50. The maximum atomic E-state index is 6.00. The third kappa shape index (κ3) is 4.88. The minimum atomic E-state index is 0.504. The fourth-order valence-electron chi connectivity index (χ4n) is 1.74. The Morgan fingerprint density at radius 2 is 2.05 bits per heavy atom. The number of aromatic nitrogens is 1. The Morgan fingerprint density at radius 1 is 1.29 bits per heavy atom. The van der Waals surface area contributed by atoms with Gasteiger partial charge in [-0.3, -0.25) is 0 Å². The van der Waals surface area contributed by atoms with Gasteiger partial charge in [0.2, 0.25) is 0 Å². The van der Waals surface area contributed by atoms with E-state index in [1.165, 1.54) is 5.56 Å². The Bertz CT molecular complexity index is 604. The molecule has 1 aromatic heterocycles. The van der Waals surface area contributed by atoms with Gasteiger partial charge in [0.15, 0.2) is 10.9 Å². The Hall–Kier alpha value is -1.85. The number of benzene rings is 1. The van der Waals surface area contributed by atoms with Crippen molar-refractivity contribution in [2.75, 3.05) is 19.0 Å². The number of rotatable bonds is 5. The molecule has 0 radical (unpaired) electrons. The molecule has 0 aliphatic rings. The summed E-state index contributed by atoms with van der Waals surface area (Å²) in [5.74, 6) is 1.41. The molecule has 0 saturated heterocycles. The molecule has 0 unspecified atom stereocenters. The van der Waals surface area contributed by atoms with Crippen molar-refractivity contribution in [3.8, 4) is 5.75 Å². The predicted octanol–water partition coefficient (Wildman–Crippen LogP) is 3.27. The van der Waals surface area contributed by atoms with E-state index in [-0.39, 0.29) is 0 Å². The molecule has 1 aromatic carbocycles. The second-order valence-electron chi connectivity index (χ2n) is 4.31. The molecule has 21 heavy (non-hydrogen) atoms. The standard InChI is InChI=1S/C15H16ClN3OS/c1-20-12-6-4-11(5-7-12)8-10-18-15(21)19-14-13(16)3-2-9-17-14/h2-7,9H,8,10H2,1H3,(H2,17,18,19,21). The van der Waals surface area contributed by atoms with Crippen LogP contribution in [0.3, 0.4) is 0 Å². The van der Waals surface area contributed by atoms with Gasteiger partial charge in [0.05, 0.1) is 12.1 Å². The summed E-state index contributed by atoms with van der Waals surface area (Å²) in [6.07, 6.45) is 2.52. The normalized spacial score (nSPS) is 10.0. The summed E-state index contributed by atoms with van der Waals surface area (Å²) >= 11 is 11.2. The summed E-state index contributed by atoms with van der Waals surface area (Å²) in [6.45, 7) is 0.725. The second-order valence-corrected chi connectivity index (χ2v) is 5.13. The molecule has 0 saturated carbocycles. The van der Waals surface area contributed by atoms with Gasteiger partial charge in [-0.05, 0) is 48.5 Å². The lowest BCUT2D eigenvalue weighted by atomic mass is 10.1. The van der Waals surface area contributed by atoms with Crippen LogP contribution in [0.15, 0.2) is 42.6 Å². The zero-order valence-electron chi connectivity index (χ0n) is 11.6. The smallest absolute Gasteiger partial charge is 0.171 e. The van der Waals surface area contributed by atoms with Gasteiger partial charge in [0.1, 0.15) is 5.75 Å². The summed E-state index contributed by atoms with van der Waals surface area (Å²) in [6, 6.07) is 11.5. The van der Waals surface area contributed by atoms with Crippen molar-refractivity contribution in [3.05, 3.63) is 53.2 Å². The number of hydrogen-bond donors (Lipinski definition) is 2. The Labute approximate surface area is 134 Å². The molecular weight excluding hydrogens is 306 g/mol. The summed E-state index contributed by atoms with van der Waals surface area (Å²) in [5.41, 5.74) is 1.21. The highest BCUT2D eigenvalue weighted by Crippen LogP contribution is 2.17. The molecule has 0 atom stereocenters. The fraction of sp³-hybridized carbons (Fsp3) is 0.200. The van der Waals surface area contributed by atoms with Crippen LogP contribution in [0.1, 0.15) is 5.56 Å². The topological polar surface area (TPSA) is 46.2 Å². The average molecular weight is 322 g/mol. The SMILES string of the molecule is COc1ccc(CCNC(=S)Nc2ncccc2Cl)cc1. The number of methoxy groups -OCH3 is 1. The van der Waals surface area contributed by atoms with Gasteiger partial charge in [-0.25, -0.2) is 4.98 Å². The van der Waals surface area contributed by atoms with E-state index in [1.807, 2.05) is 24.3 Å². The second kappa shape index (κ2) is 7.81. The summed E-state index contributed by atoms with van der Waals surface area (Å²) < 4.78 is 5.12. The van der Waals surface area contributed by atoms with Crippen LogP contribution < -0.4 is 15.4 Å². The van der Waals surface area contributed by atoms with E-state index in [2.05, 4.69) is 15.6 Å². The van der Waals surface area contributed by atoms with Crippen LogP contribution >= 0.6 is 23.8 Å². The largest absolute Gasteiger partial charge is 0.497 e. The number of thiocarbonyl (C=S) groups is 1. The van der Waals surface area contributed by atoms with Crippen LogP contribution in [-0.2, 0) is 6.42 Å². The van der Waals surface area contributed by atoms with Crippen molar-refractivity contribution >= 4 is 34.7 Å². The zero-order chi connectivity index (χ0) is 15.1. The van der Waals surface area contributed by atoms with Gasteiger partial charge in [0, 0.05) is 12.7 Å². The number of pyridine rings is 1. The predicted molar refractivity (Wildman–Crippen MR) is 90.2 cm³/mol. The van der Waals surface area contributed by atoms with Crippen molar-refractivity contribution in [3.63, 3.8) is 0 Å². The van der Waals surface area contributed by atoms with Crippen molar-refractivity contribution in [1.82, 2.24) is 10.3 Å². The van der Waals surface area contributed by atoms with E-state index in [0.29, 0.717) is 16.0 Å². The molecule has 0 spiro atoms. The molecule has 4 nitrogen and oxygen atoms in total. The van der Waals surface area contributed by atoms with E-state index in [1.54, 1.807) is 25.4 Å². The molecule has 2 N–H and O–H groups in total. The van der Waals surface area contributed by atoms with Gasteiger partial charge < -0.3 is 15.4 Å². The molecule has 0 aliphatic heterocycles. The Kier molecular flexibility index (Phi) is 5.78. The van der Waals surface area contributed by atoms with Crippen LogP contribution in [0.25, 0.3) is 0 Å². The maximum Gasteiger partial charge on any atom is 0.171 e. The number of halogens is 1. The van der Waals surface area contributed by atoms with Gasteiger partial charge in [0.25, 0.3) is 0 Å².